The lowest BCUT2D eigenvalue weighted by molar-refractivity contribution is -0.384. The summed E-state index contributed by atoms with van der Waals surface area (Å²) in [5, 5.41) is 22.2. The van der Waals surface area contributed by atoms with Crippen LogP contribution in [0.5, 0.6) is 0 Å². The second kappa shape index (κ2) is 8.47. The van der Waals surface area contributed by atoms with E-state index in [0.29, 0.717) is 0 Å². The fraction of sp³-hybridized carbons (Fsp3) is 0.400. The summed E-state index contributed by atoms with van der Waals surface area (Å²) in [6.07, 6.45) is -0.898. The highest BCUT2D eigenvalue weighted by Crippen LogP contribution is 2.25. The smallest absolute Gasteiger partial charge is 0.339 e. The second-order valence-electron chi connectivity index (χ2n) is 4.95. The molecule has 0 aliphatic heterocycles. The van der Waals surface area contributed by atoms with Crippen molar-refractivity contribution in [3.05, 3.63) is 33.9 Å². The van der Waals surface area contributed by atoms with Crippen LogP contribution in [0.2, 0.25) is 0 Å². The summed E-state index contributed by atoms with van der Waals surface area (Å²) in [5.74, 6) is -1.30. The van der Waals surface area contributed by atoms with Gasteiger partial charge in [0.2, 0.25) is 0 Å². The Morgan fingerprint density at radius 2 is 2.17 bits per heavy atom. The molecule has 0 aliphatic rings. The lowest BCUT2D eigenvalue weighted by Gasteiger charge is -2.20. The summed E-state index contributed by atoms with van der Waals surface area (Å²) in [4.78, 5) is 35.8. The average Bonchev–Trinajstić information content (AvgIpc) is 2.57. The first kappa shape index (κ1) is 18.9. The Balaban J connectivity index is 2.84. The van der Waals surface area contributed by atoms with Gasteiger partial charge in [0.05, 0.1) is 23.0 Å². The van der Waals surface area contributed by atoms with Crippen molar-refractivity contribution in [1.29, 1.82) is 5.26 Å². The molecule has 1 N–H and O–H groups in total. The van der Waals surface area contributed by atoms with Crippen LogP contribution in [0.4, 0.5) is 11.4 Å². The molecule has 1 atom stereocenters. The summed E-state index contributed by atoms with van der Waals surface area (Å²) in [5.41, 5.74) is -0.0333. The summed E-state index contributed by atoms with van der Waals surface area (Å²) in [6, 6.07) is 5.77. The number of amides is 1. The number of carbonyl (C=O) groups excluding carboxylic acids is 2. The highest BCUT2D eigenvalue weighted by atomic mass is 16.6. The van der Waals surface area contributed by atoms with Crippen molar-refractivity contribution in [1.82, 2.24) is 4.90 Å². The predicted octanol–water partition coefficient (Wildman–Crippen LogP) is 1.55. The fourth-order valence-corrected chi connectivity index (χ4v) is 1.94. The molecule has 0 bridgehead atoms. The van der Waals surface area contributed by atoms with Gasteiger partial charge in [-0.1, -0.05) is 0 Å². The number of hydrogen-bond donors (Lipinski definition) is 1. The average molecular weight is 334 g/mol. The Labute approximate surface area is 139 Å². The summed E-state index contributed by atoms with van der Waals surface area (Å²) in [6.45, 7) is 1.62. The number of likely N-dealkylation sites (N-methyl/N-ethyl adjacent to an activating group) is 1. The fourth-order valence-electron chi connectivity index (χ4n) is 1.94. The van der Waals surface area contributed by atoms with Crippen molar-refractivity contribution in [2.24, 2.45) is 0 Å². The molecule has 0 saturated carbocycles. The molecule has 24 heavy (non-hydrogen) atoms. The van der Waals surface area contributed by atoms with E-state index in [2.05, 4.69) is 5.32 Å². The molecule has 0 radical (unpaired) electrons. The lowest BCUT2D eigenvalue weighted by atomic mass is 10.1. The van der Waals surface area contributed by atoms with E-state index in [1.807, 2.05) is 6.07 Å². The summed E-state index contributed by atoms with van der Waals surface area (Å²) >= 11 is 0. The van der Waals surface area contributed by atoms with Gasteiger partial charge in [0.1, 0.15) is 5.69 Å². The van der Waals surface area contributed by atoms with E-state index >= 15 is 0 Å². The number of ether oxygens (including phenoxy) is 1. The number of anilines is 1. The minimum atomic E-state index is -1.07. The zero-order valence-corrected chi connectivity index (χ0v) is 13.6. The molecular weight excluding hydrogens is 316 g/mol. The Hall–Kier alpha value is -3.15. The van der Waals surface area contributed by atoms with Gasteiger partial charge in [-0.05, 0) is 19.1 Å². The number of hydrogen-bond acceptors (Lipinski definition) is 7. The topological polar surface area (TPSA) is 126 Å². The Morgan fingerprint density at radius 3 is 2.71 bits per heavy atom. The van der Waals surface area contributed by atoms with E-state index in [1.165, 1.54) is 38.1 Å². The van der Waals surface area contributed by atoms with Crippen LogP contribution in [0, 0.1) is 21.4 Å². The molecule has 1 aromatic carbocycles. The first-order chi connectivity index (χ1) is 11.3. The number of benzene rings is 1. The van der Waals surface area contributed by atoms with Crippen molar-refractivity contribution < 1.29 is 19.2 Å². The van der Waals surface area contributed by atoms with Crippen LogP contribution in [0.3, 0.4) is 0 Å². The number of nitro benzene ring substituents is 1. The molecule has 0 aromatic heterocycles. The van der Waals surface area contributed by atoms with Gasteiger partial charge < -0.3 is 15.0 Å². The molecule has 9 nitrogen and oxygen atoms in total. The Bertz CT molecular complexity index is 683. The van der Waals surface area contributed by atoms with E-state index < -0.39 is 22.9 Å². The largest absolute Gasteiger partial charge is 0.449 e. The monoisotopic (exact) mass is 334 g/mol. The number of nitriles is 1. The lowest BCUT2D eigenvalue weighted by Crippen LogP contribution is -2.37. The van der Waals surface area contributed by atoms with Crippen LogP contribution < -0.4 is 5.32 Å². The number of carbonyl (C=O) groups is 2. The molecule has 1 amide bonds. The second-order valence-corrected chi connectivity index (χ2v) is 4.95. The molecule has 0 unspecified atom stereocenters. The van der Waals surface area contributed by atoms with Crippen molar-refractivity contribution in [3.8, 4) is 6.07 Å². The van der Waals surface area contributed by atoms with Gasteiger partial charge in [-0.2, -0.15) is 5.26 Å². The van der Waals surface area contributed by atoms with Crippen LogP contribution in [-0.4, -0.2) is 48.4 Å². The van der Waals surface area contributed by atoms with Gasteiger partial charge in [-0.25, -0.2) is 4.79 Å². The molecule has 0 saturated heterocycles. The Kier molecular flexibility index (Phi) is 6.67. The summed E-state index contributed by atoms with van der Waals surface area (Å²) in [7, 11) is 3.02. The zero-order valence-electron chi connectivity index (χ0n) is 13.6. The maximum absolute atomic E-state index is 12.1. The number of nitrogens with zero attached hydrogens (tertiary/aromatic N) is 3. The third-order valence-corrected chi connectivity index (χ3v) is 3.27. The van der Waals surface area contributed by atoms with Gasteiger partial charge in [0.25, 0.3) is 11.6 Å². The van der Waals surface area contributed by atoms with Crippen LogP contribution in [0.15, 0.2) is 18.2 Å². The molecule has 0 aliphatic carbocycles. The van der Waals surface area contributed by atoms with Crippen molar-refractivity contribution in [3.63, 3.8) is 0 Å². The standard InChI is InChI=1S/C15H18N4O5/c1-10(14(20)18(3)8-4-7-16)24-15(21)11-5-6-12(17-2)13(9-11)19(22)23/h5-6,9-10,17H,4,8H2,1-3H3/t10-/m0/s1. The molecular formula is C15H18N4O5. The maximum Gasteiger partial charge on any atom is 0.339 e. The SMILES string of the molecule is CNc1ccc(C(=O)O[C@@H](C)C(=O)N(C)CCC#N)cc1[N+](=O)[O-]. The normalized spacial score (nSPS) is 11.1. The molecule has 9 heteroatoms. The van der Waals surface area contributed by atoms with Crippen molar-refractivity contribution >= 4 is 23.3 Å². The van der Waals surface area contributed by atoms with E-state index in [0.717, 1.165) is 6.07 Å². The van der Waals surface area contributed by atoms with Gasteiger partial charge in [0.15, 0.2) is 6.10 Å². The minimum absolute atomic E-state index is 0.0278. The minimum Gasteiger partial charge on any atom is -0.449 e. The highest BCUT2D eigenvalue weighted by molar-refractivity contribution is 5.93. The number of nitro groups is 1. The van der Waals surface area contributed by atoms with Crippen LogP contribution in [0.1, 0.15) is 23.7 Å². The number of rotatable bonds is 7. The molecule has 1 rings (SSSR count). The van der Waals surface area contributed by atoms with Gasteiger partial charge in [-0.15, -0.1) is 0 Å². The van der Waals surface area contributed by atoms with Gasteiger partial charge in [0, 0.05) is 26.7 Å². The number of nitrogens with one attached hydrogen (secondary N) is 1. The third-order valence-electron chi connectivity index (χ3n) is 3.27. The summed E-state index contributed by atoms with van der Waals surface area (Å²) < 4.78 is 5.05. The Morgan fingerprint density at radius 1 is 1.50 bits per heavy atom. The van der Waals surface area contributed by atoms with E-state index in [4.69, 9.17) is 10.00 Å². The third kappa shape index (κ3) is 4.67. The quantitative estimate of drug-likeness (QED) is 0.455. The first-order valence-electron chi connectivity index (χ1n) is 7.11. The van der Waals surface area contributed by atoms with Gasteiger partial charge in [-0.3, -0.25) is 14.9 Å². The van der Waals surface area contributed by atoms with Gasteiger partial charge >= 0.3 is 5.97 Å². The molecule has 0 heterocycles. The first-order valence-corrected chi connectivity index (χ1v) is 7.11. The predicted molar refractivity (Wildman–Crippen MR) is 85.4 cm³/mol. The van der Waals surface area contributed by atoms with Crippen molar-refractivity contribution in [2.75, 3.05) is 26.0 Å². The highest BCUT2D eigenvalue weighted by Gasteiger charge is 2.24. The zero-order chi connectivity index (χ0) is 18.3. The van der Waals surface area contributed by atoms with Crippen LogP contribution >= 0.6 is 0 Å². The van der Waals surface area contributed by atoms with E-state index in [9.17, 15) is 19.7 Å². The molecule has 1 aromatic rings. The van der Waals surface area contributed by atoms with Crippen molar-refractivity contribution in [2.45, 2.75) is 19.4 Å². The van der Waals surface area contributed by atoms with Crippen LogP contribution in [0.25, 0.3) is 0 Å². The molecule has 0 fully saturated rings. The molecule has 0 spiro atoms. The van der Waals surface area contributed by atoms with Crippen LogP contribution in [-0.2, 0) is 9.53 Å². The number of esters is 1. The maximum atomic E-state index is 12.1. The van der Waals surface area contributed by atoms with E-state index in [1.54, 1.807) is 0 Å². The molecule has 128 valence electrons. The van der Waals surface area contributed by atoms with E-state index in [-0.39, 0.29) is 29.9 Å².